The third-order valence-corrected chi connectivity index (χ3v) is 7.15. The van der Waals surface area contributed by atoms with E-state index in [0.29, 0.717) is 17.2 Å². The first-order chi connectivity index (χ1) is 19.5. The van der Waals surface area contributed by atoms with Gasteiger partial charge in [0.2, 0.25) is 0 Å². The molecule has 0 aliphatic carbocycles. The summed E-state index contributed by atoms with van der Waals surface area (Å²) < 4.78 is 12.2. The minimum Gasteiger partial charge on any atom is -0.465 e. The maximum atomic E-state index is 13.6. The molecule has 4 aromatic carbocycles. The Morgan fingerprint density at radius 1 is 0.875 bits per heavy atom. The number of carbonyl (C=O) groups excluding carboxylic acids is 2. The highest BCUT2D eigenvalue weighted by Crippen LogP contribution is 2.38. The number of ether oxygens (including phenoxy) is 2. The van der Waals surface area contributed by atoms with Crippen LogP contribution in [0.5, 0.6) is 0 Å². The van der Waals surface area contributed by atoms with Crippen LogP contribution in [0.1, 0.15) is 34.5 Å². The Balaban J connectivity index is 1.23. The normalized spacial score (nSPS) is 16.2. The standard InChI is InChI=1S/C31H25N5O4/c1-19-27(28(36-31(32-19)33-34-35-36)26-9-5-7-23-6-3-4-8-25(23)26)30(38)40-18-20-10-12-21(13-11-20)22-14-16-24(17-15-22)29(37)39-2/h3-17,27-28H,18H2,1-2H3. The van der Waals surface area contributed by atoms with E-state index in [1.54, 1.807) is 16.8 Å². The summed E-state index contributed by atoms with van der Waals surface area (Å²) in [5.74, 6) is -1.12. The Hall–Kier alpha value is -5.18. The molecule has 2 atom stereocenters. The number of rotatable bonds is 6. The number of aliphatic imine (C=N–C) groups is 1. The molecular formula is C31H25N5O4. The van der Waals surface area contributed by atoms with Crippen molar-refractivity contribution in [3.05, 3.63) is 108 Å². The van der Waals surface area contributed by atoms with Gasteiger partial charge in [-0.05, 0) is 62.5 Å². The van der Waals surface area contributed by atoms with Gasteiger partial charge in [-0.25, -0.2) is 14.5 Å². The van der Waals surface area contributed by atoms with Crippen LogP contribution < -0.4 is 0 Å². The molecule has 2 unspecified atom stereocenters. The predicted molar refractivity (Wildman–Crippen MR) is 149 cm³/mol. The van der Waals surface area contributed by atoms with Crippen molar-refractivity contribution in [2.24, 2.45) is 10.9 Å². The quantitative estimate of drug-likeness (QED) is 0.272. The molecule has 1 aliphatic heterocycles. The fraction of sp³-hybridized carbons (Fsp3) is 0.161. The molecule has 0 N–H and O–H groups in total. The SMILES string of the molecule is COC(=O)c1ccc(-c2ccc(COC(=O)C3C(C)=Nc4nnnn4C3c3cccc4ccccc34)cc2)cc1. The number of aromatic nitrogens is 4. The van der Waals surface area contributed by atoms with Crippen LogP contribution in [0, 0.1) is 5.92 Å². The summed E-state index contributed by atoms with van der Waals surface area (Å²) in [5, 5.41) is 14.1. The molecule has 9 nitrogen and oxygen atoms in total. The van der Waals surface area contributed by atoms with Crippen molar-refractivity contribution in [1.82, 2.24) is 20.2 Å². The van der Waals surface area contributed by atoms with Gasteiger partial charge in [0.1, 0.15) is 18.6 Å². The van der Waals surface area contributed by atoms with E-state index in [-0.39, 0.29) is 12.6 Å². The van der Waals surface area contributed by atoms with Gasteiger partial charge >= 0.3 is 11.9 Å². The van der Waals surface area contributed by atoms with E-state index in [0.717, 1.165) is 33.0 Å². The molecule has 0 amide bonds. The van der Waals surface area contributed by atoms with Crippen molar-refractivity contribution < 1.29 is 19.1 Å². The number of carbonyl (C=O) groups is 2. The minimum absolute atomic E-state index is 0.106. The van der Waals surface area contributed by atoms with E-state index >= 15 is 0 Å². The monoisotopic (exact) mass is 531 g/mol. The molecule has 0 saturated heterocycles. The summed E-state index contributed by atoms with van der Waals surface area (Å²) in [7, 11) is 1.36. The number of methoxy groups -OCH3 is 1. The Kier molecular flexibility index (Phi) is 6.61. The van der Waals surface area contributed by atoms with Gasteiger partial charge in [0.15, 0.2) is 0 Å². The first-order valence-corrected chi connectivity index (χ1v) is 12.8. The second kappa shape index (κ2) is 10.5. The lowest BCUT2D eigenvalue weighted by Gasteiger charge is -2.30. The smallest absolute Gasteiger partial charge is 0.337 e. The molecular weight excluding hydrogens is 506 g/mol. The lowest BCUT2D eigenvalue weighted by Crippen LogP contribution is -2.37. The Bertz CT molecular complexity index is 1740. The Labute approximate surface area is 230 Å². The fourth-order valence-corrected chi connectivity index (χ4v) is 5.11. The number of hydrogen-bond acceptors (Lipinski definition) is 8. The highest BCUT2D eigenvalue weighted by atomic mass is 16.5. The van der Waals surface area contributed by atoms with Gasteiger partial charge in [-0.3, -0.25) is 4.79 Å². The number of tetrazole rings is 1. The number of nitrogens with zero attached hydrogens (tertiary/aromatic N) is 5. The van der Waals surface area contributed by atoms with Crippen LogP contribution in [0.3, 0.4) is 0 Å². The van der Waals surface area contributed by atoms with Crippen molar-refractivity contribution in [3.8, 4) is 11.1 Å². The van der Waals surface area contributed by atoms with Crippen molar-refractivity contribution in [2.45, 2.75) is 19.6 Å². The maximum Gasteiger partial charge on any atom is 0.337 e. The van der Waals surface area contributed by atoms with Crippen LogP contribution in [-0.4, -0.2) is 45.0 Å². The zero-order valence-corrected chi connectivity index (χ0v) is 21.9. The zero-order valence-electron chi connectivity index (χ0n) is 21.9. The average molecular weight is 532 g/mol. The highest BCUT2D eigenvalue weighted by molar-refractivity contribution is 6.04. The Morgan fingerprint density at radius 2 is 1.57 bits per heavy atom. The lowest BCUT2D eigenvalue weighted by molar-refractivity contribution is -0.148. The molecule has 198 valence electrons. The van der Waals surface area contributed by atoms with Gasteiger partial charge in [-0.2, -0.15) is 0 Å². The fourth-order valence-electron chi connectivity index (χ4n) is 5.11. The molecule has 0 spiro atoms. The maximum absolute atomic E-state index is 13.6. The van der Waals surface area contributed by atoms with Crippen LogP contribution >= 0.6 is 0 Å². The average Bonchev–Trinajstić information content (AvgIpc) is 3.47. The van der Waals surface area contributed by atoms with Crippen LogP contribution in [0.15, 0.2) is 96.0 Å². The van der Waals surface area contributed by atoms with E-state index in [4.69, 9.17) is 9.47 Å². The van der Waals surface area contributed by atoms with Crippen LogP contribution in [0.4, 0.5) is 5.95 Å². The summed E-state index contributed by atoms with van der Waals surface area (Å²) in [6, 6.07) is 28.5. The highest BCUT2D eigenvalue weighted by Gasteiger charge is 2.41. The molecule has 0 radical (unpaired) electrons. The van der Waals surface area contributed by atoms with Gasteiger partial charge in [0.25, 0.3) is 5.95 Å². The van der Waals surface area contributed by atoms with Crippen molar-refractivity contribution in [3.63, 3.8) is 0 Å². The van der Waals surface area contributed by atoms with Gasteiger partial charge in [-0.1, -0.05) is 84.0 Å². The van der Waals surface area contributed by atoms with Gasteiger partial charge < -0.3 is 9.47 Å². The predicted octanol–water partition coefficient (Wildman–Crippen LogP) is 5.33. The first-order valence-electron chi connectivity index (χ1n) is 12.8. The second-order valence-corrected chi connectivity index (χ2v) is 9.54. The molecule has 5 aromatic rings. The number of esters is 2. The number of hydrogen-bond donors (Lipinski definition) is 0. The van der Waals surface area contributed by atoms with Crippen molar-refractivity contribution >= 4 is 34.4 Å². The van der Waals surface area contributed by atoms with Crippen LogP contribution in [-0.2, 0) is 20.9 Å². The summed E-state index contributed by atoms with van der Waals surface area (Å²) in [5.41, 5.74) is 4.79. The van der Waals surface area contributed by atoms with Crippen LogP contribution in [0.2, 0.25) is 0 Å². The third-order valence-electron chi connectivity index (χ3n) is 7.15. The largest absolute Gasteiger partial charge is 0.465 e. The van der Waals surface area contributed by atoms with Crippen molar-refractivity contribution in [1.29, 1.82) is 0 Å². The zero-order chi connectivity index (χ0) is 27.6. The van der Waals surface area contributed by atoms with Crippen molar-refractivity contribution in [2.75, 3.05) is 7.11 Å². The Morgan fingerprint density at radius 3 is 2.33 bits per heavy atom. The second-order valence-electron chi connectivity index (χ2n) is 9.54. The van der Waals surface area contributed by atoms with E-state index in [2.05, 4.69) is 20.5 Å². The molecule has 6 rings (SSSR count). The summed E-state index contributed by atoms with van der Waals surface area (Å²) in [6.45, 7) is 1.91. The summed E-state index contributed by atoms with van der Waals surface area (Å²) in [6.07, 6.45) is 0. The lowest BCUT2D eigenvalue weighted by atomic mass is 9.86. The topological polar surface area (TPSA) is 109 Å². The molecule has 0 saturated carbocycles. The molecule has 0 fully saturated rings. The summed E-state index contributed by atoms with van der Waals surface area (Å²) in [4.78, 5) is 29.8. The van der Waals surface area contributed by atoms with Gasteiger partial charge in [0.05, 0.1) is 12.7 Å². The third kappa shape index (κ3) is 4.62. The molecule has 1 aromatic heterocycles. The van der Waals surface area contributed by atoms with Gasteiger partial charge in [0, 0.05) is 5.71 Å². The van der Waals surface area contributed by atoms with E-state index < -0.39 is 17.9 Å². The molecule has 0 bridgehead atoms. The summed E-state index contributed by atoms with van der Waals surface area (Å²) >= 11 is 0. The molecule has 1 aliphatic rings. The van der Waals surface area contributed by atoms with E-state index in [1.807, 2.05) is 85.8 Å². The van der Waals surface area contributed by atoms with E-state index in [9.17, 15) is 9.59 Å². The molecule has 40 heavy (non-hydrogen) atoms. The van der Waals surface area contributed by atoms with E-state index in [1.165, 1.54) is 7.11 Å². The minimum atomic E-state index is -0.700. The first kappa shape index (κ1) is 25.1. The number of fused-ring (bicyclic) bond motifs is 2. The molecule has 2 heterocycles. The van der Waals surface area contributed by atoms with Gasteiger partial charge in [-0.15, -0.1) is 0 Å². The molecule has 9 heteroatoms. The van der Waals surface area contributed by atoms with Crippen LogP contribution in [0.25, 0.3) is 21.9 Å². The number of benzene rings is 4.